The minimum Gasteiger partial charge on any atom is -0.495 e. The molecule has 0 fully saturated rings. The molecule has 0 spiro atoms. The number of amides is 2. The molecule has 0 aliphatic rings. The van der Waals surface area contributed by atoms with E-state index in [4.69, 9.17) is 25.8 Å². The standard InChI is InChI=1S/C25H29ClN2O7/c1-3-4-14-34-25(32)17-8-11-19(12-9-17)27-23(30)16-35-24(31)7-5-6-22(29)28-20-15-18(26)10-13-21(20)33-2/h8-13,15H,3-7,14,16H2,1-2H3,(H,27,30)(H,28,29). The first-order valence-electron chi connectivity index (χ1n) is 11.2. The molecular weight excluding hydrogens is 476 g/mol. The van der Waals surface area contributed by atoms with Crippen molar-refractivity contribution in [3.8, 4) is 5.75 Å². The van der Waals surface area contributed by atoms with Crippen molar-refractivity contribution in [3.05, 3.63) is 53.1 Å². The summed E-state index contributed by atoms with van der Waals surface area (Å²) in [5.41, 5.74) is 1.26. The van der Waals surface area contributed by atoms with Gasteiger partial charge in [-0.05, 0) is 55.3 Å². The summed E-state index contributed by atoms with van der Waals surface area (Å²) in [6, 6.07) is 11.0. The topological polar surface area (TPSA) is 120 Å². The number of hydrogen-bond donors (Lipinski definition) is 2. The maximum atomic E-state index is 12.1. The number of anilines is 2. The van der Waals surface area contributed by atoms with E-state index >= 15 is 0 Å². The monoisotopic (exact) mass is 504 g/mol. The second kappa shape index (κ2) is 14.6. The Labute approximate surface area is 209 Å². The molecule has 2 aromatic rings. The van der Waals surface area contributed by atoms with E-state index in [0.717, 1.165) is 12.8 Å². The average Bonchev–Trinajstić information content (AvgIpc) is 2.83. The van der Waals surface area contributed by atoms with E-state index in [0.29, 0.717) is 34.3 Å². The minimum atomic E-state index is -0.599. The summed E-state index contributed by atoms with van der Waals surface area (Å²) in [6.07, 6.45) is 2.01. The SMILES string of the molecule is CCCCOC(=O)c1ccc(NC(=O)COC(=O)CCCC(=O)Nc2cc(Cl)ccc2OC)cc1. The third-order valence-electron chi connectivity index (χ3n) is 4.72. The Hall–Kier alpha value is -3.59. The fourth-order valence-corrected chi connectivity index (χ4v) is 3.05. The number of carbonyl (C=O) groups excluding carboxylic acids is 4. The van der Waals surface area contributed by atoms with Gasteiger partial charge in [-0.2, -0.15) is 0 Å². The van der Waals surface area contributed by atoms with Crippen molar-refractivity contribution in [1.82, 2.24) is 0 Å². The van der Waals surface area contributed by atoms with Crippen LogP contribution < -0.4 is 15.4 Å². The van der Waals surface area contributed by atoms with E-state index in [1.54, 1.807) is 42.5 Å². The maximum Gasteiger partial charge on any atom is 0.338 e. The first-order chi connectivity index (χ1) is 16.8. The Kier molecular flexibility index (Phi) is 11.6. The summed E-state index contributed by atoms with van der Waals surface area (Å²) < 4.78 is 15.2. The van der Waals surface area contributed by atoms with Crippen LogP contribution in [0.5, 0.6) is 5.75 Å². The van der Waals surface area contributed by atoms with Gasteiger partial charge in [0.2, 0.25) is 5.91 Å². The van der Waals surface area contributed by atoms with Crippen LogP contribution in [0.1, 0.15) is 49.4 Å². The second-order valence-electron chi connectivity index (χ2n) is 7.52. The van der Waals surface area contributed by atoms with Crippen LogP contribution in [-0.4, -0.2) is 44.1 Å². The van der Waals surface area contributed by atoms with Crippen LogP contribution in [0.2, 0.25) is 5.02 Å². The third kappa shape index (κ3) is 10.1. The summed E-state index contributed by atoms with van der Waals surface area (Å²) in [4.78, 5) is 47.9. The lowest BCUT2D eigenvalue weighted by molar-refractivity contribution is -0.147. The highest BCUT2D eigenvalue weighted by atomic mass is 35.5. The van der Waals surface area contributed by atoms with Gasteiger partial charge < -0.3 is 24.8 Å². The molecule has 0 radical (unpaired) electrons. The molecule has 0 unspecified atom stereocenters. The highest BCUT2D eigenvalue weighted by molar-refractivity contribution is 6.31. The van der Waals surface area contributed by atoms with Gasteiger partial charge >= 0.3 is 11.9 Å². The number of unbranched alkanes of at least 4 members (excludes halogenated alkanes) is 1. The molecule has 2 N–H and O–H groups in total. The molecule has 0 aliphatic carbocycles. The lowest BCUT2D eigenvalue weighted by atomic mass is 10.2. The number of carbonyl (C=O) groups is 4. The zero-order chi connectivity index (χ0) is 25.6. The Bertz CT molecular complexity index is 1020. The first-order valence-corrected chi connectivity index (χ1v) is 11.6. The minimum absolute atomic E-state index is 0.0256. The molecule has 2 amide bonds. The first kappa shape index (κ1) is 27.7. The van der Waals surface area contributed by atoms with Gasteiger partial charge in [-0.1, -0.05) is 24.9 Å². The van der Waals surface area contributed by atoms with E-state index in [-0.39, 0.29) is 25.2 Å². The number of methoxy groups -OCH3 is 1. The van der Waals surface area contributed by atoms with Crippen LogP contribution in [0.15, 0.2) is 42.5 Å². The zero-order valence-electron chi connectivity index (χ0n) is 19.7. The smallest absolute Gasteiger partial charge is 0.338 e. The summed E-state index contributed by atoms with van der Waals surface area (Å²) in [6.45, 7) is 1.90. The maximum absolute atomic E-state index is 12.1. The molecule has 2 aromatic carbocycles. The number of rotatable bonds is 13. The zero-order valence-corrected chi connectivity index (χ0v) is 20.5. The molecule has 0 saturated carbocycles. The van der Waals surface area contributed by atoms with Crippen molar-refractivity contribution < 1.29 is 33.4 Å². The van der Waals surface area contributed by atoms with Crippen molar-refractivity contribution in [3.63, 3.8) is 0 Å². The number of benzene rings is 2. The predicted molar refractivity (Wildman–Crippen MR) is 132 cm³/mol. The van der Waals surface area contributed by atoms with Crippen LogP contribution in [0.4, 0.5) is 11.4 Å². The normalized spacial score (nSPS) is 10.3. The summed E-state index contributed by atoms with van der Waals surface area (Å²) in [5, 5.41) is 5.71. The van der Waals surface area contributed by atoms with Gasteiger partial charge in [0, 0.05) is 23.6 Å². The third-order valence-corrected chi connectivity index (χ3v) is 4.96. The summed E-state index contributed by atoms with van der Waals surface area (Å²) in [7, 11) is 1.48. The van der Waals surface area contributed by atoms with Crippen LogP contribution >= 0.6 is 11.6 Å². The van der Waals surface area contributed by atoms with E-state index in [1.165, 1.54) is 7.11 Å². The molecule has 10 heteroatoms. The molecule has 0 saturated heterocycles. The molecular formula is C25H29ClN2O7. The summed E-state index contributed by atoms with van der Waals surface area (Å²) >= 11 is 5.94. The van der Waals surface area contributed by atoms with Gasteiger partial charge in [-0.25, -0.2) is 4.79 Å². The Morgan fingerprint density at radius 3 is 2.31 bits per heavy atom. The lowest BCUT2D eigenvalue weighted by Crippen LogP contribution is -2.21. The van der Waals surface area contributed by atoms with Crippen molar-refractivity contribution in [2.75, 3.05) is 31.0 Å². The lowest BCUT2D eigenvalue weighted by Gasteiger charge is -2.10. The average molecular weight is 505 g/mol. The Morgan fingerprint density at radius 2 is 1.63 bits per heavy atom. The molecule has 0 aliphatic heterocycles. The van der Waals surface area contributed by atoms with Gasteiger partial charge in [0.25, 0.3) is 5.91 Å². The van der Waals surface area contributed by atoms with E-state index in [2.05, 4.69) is 10.6 Å². The number of esters is 2. The van der Waals surface area contributed by atoms with Crippen molar-refractivity contribution >= 4 is 46.7 Å². The Morgan fingerprint density at radius 1 is 0.886 bits per heavy atom. The van der Waals surface area contributed by atoms with Gasteiger partial charge in [-0.3, -0.25) is 14.4 Å². The number of nitrogens with one attached hydrogen (secondary N) is 2. The van der Waals surface area contributed by atoms with Crippen LogP contribution in [0, 0.1) is 0 Å². The highest BCUT2D eigenvalue weighted by Crippen LogP contribution is 2.27. The molecule has 35 heavy (non-hydrogen) atoms. The van der Waals surface area contributed by atoms with Crippen molar-refractivity contribution in [2.24, 2.45) is 0 Å². The number of ether oxygens (including phenoxy) is 3. The molecule has 188 valence electrons. The molecule has 0 aromatic heterocycles. The van der Waals surface area contributed by atoms with E-state index in [9.17, 15) is 19.2 Å². The largest absolute Gasteiger partial charge is 0.495 e. The molecule has 0 atom stereocenters. The molecule has 0 heterocycles. The fraction of sp³-hybridized carbons (Fsp3) is 0.360. The van der Waals surface area contributed by atoms with Gasteiger partial charge in [0.1, 0.15) is 5.75 Å². The van der Waals surface area contributed by atoms with Gasteiger partial charge in [0.15, 0.2) is 6.61 Å². The number of hydrogen-bond acceptors (Lipinski definition) is 7. The van der Waals surface area contributed by atoms with Crippen molar-refractivity contribution in [1.29, 1.82) is 0 Å². The molecule has 2 rings (SSSR count). The fourth-order valence-electron chi connectivity index (χ4n) is 2.88. The van der Waals surface area contributed by atoms with Crippen LogP contribution in [0.25, 0.3) is 0 Å². The summed E-state index contributed by atoms with van der Waals surface area (Å²) in [5.74, 6) is -1.39. The van der Waals surface area contributed by atoms with Crippen LogP contribution in [0.3, 0.4) is 0 Å². The molecule has 9 nitrogen and oxygen atoms in total. The van der Waals surface area contributed by atoms with Gasteiger partial charge in [-0.15, -0.1) is 0 Å². The number of halogens is 1. The van der Waals surface area contributed by atoms with E-state index < -0.39 is 24.5 Å². The predicted octanol–water partition coefficient (Wildman–Crippen LogP) is 4.60. The molecule has 0 bridgehead atoms. The Balaban J connectivity index is 1.67. The van der Waals surface area contributed by atoms with Crippen molar-refractivity contribution in [2.45, 2.75) is 39.0 Å². The van der Waals surface area contributed by atoms with Gasteiger partial charge in [0.05, 0.1) is 25.0 Å². The second-order valence-corrected chi connectivity index (χ2v) is 7.96. The van der Waals surface area contributed by atoms with E-state index in [1.807, 2.05) is 6.92 Å². The highest BCUT2D eigenvalue weighted by Gasteiger charge is 2.12. The quantitative estimate of drug-likeness (QED) is 0.302. The van der Waals surface area contributed by atoms with Crippen LogP contribution in [-0.2, 0) is 23.9 Å².